The van der Waals surface area contributed by atoms with Gasteiger partial charge in [-0.3, -0.25) is 10.1 Å². The monoisotopic (exact) mass is 488 g/mol. The van der Waals surface area contributed by atoms with Crippen LogP contribution in [0.4, 0.5) is 5.13 Å². The van der Waals surface area contributed by atoms with Crippen molar-refractivity contribution in [2.45, 2.75) is 48.8 Å². The lowest BCUT2D eigenvalue weighted by Gasteiger charge is -2.20. The van der Waals surface area contributed by atoms with Gasteiger partial charge in [0.2, 0.25) is 15.2 Å². The molecule has 0 atom stereocenters. The molecule has 0 bridgehead atoms. The Morgan fingerprint density at radius 3 is 2.60 bits per heavy atom. The Labute approximate surface area is 190 Å². The number of thioether (sulfide) groups is 1. The van der Waals surface area contributed by atoms with E-state index in [0.717, 1.165) is 35.8 Å². The normalized spacial score (nSPS) is 15.9. The number of carbonyl (C=O) groups is 1. The number of benzene rings is 1. The van der Waals surface area contributed by atoms with Crippen molar-refractivity contribution in [2.75, 3.05) is 24.2 Å². The first-order chi connectivity index (χ1) is 14.3. The lowest BCUT2D eigenvalue weighted by atomic mass is 10.2. The number of aromatic nitrogens is 2. The summed E-state index contributed by atoms with van der Waals surface area (Å²) in [4.78, 5) is 12.8. The van der Waals surface area contributed by atoms with Crippen molar-refractivity contribution in [1.29, 1.82) is 0 Å². The maximum absolute atomic E-state index is 13.0. The van der Waals surface area contributed by atoms with Gasteiger partial charge in [-0.2, -0.15) is 4.31 Å². The van der Waals surface area contributed by atoms with E-state index in [1.165, 1.54) is 33.8 Å². The Morgan fingerprint density at radius 2 is 1.93 bits per heavy atom. The summed E-state index contributed by atoms with van der Waals surface area (Å²) in [6.07, 6.45) is 3.74. The highest BCUT2D eigenvalue weighted by atomic mass is 35.5. The molecular formula is C19H25ClN4O3S3. The fourth-order valence-electron chi connectivity index (χ4n) is 2.99. The standard InChI is InChI=1S/C19H25ClN4O3S3/c1-13(2)12-28-19-23-22-18(29-19)21-17(25)15-11-14(7-8-16(15)20)30(26,27)24-9-5-3-4-6-10-24/h7-8,11,13H,3-6,9-10,12H2,1-2H3,(H,21,22,25). The topological polar surface area (TPSA) is 92.3 Å². The number of nitrogens with zero attached hydrogens (tertiary/aromatic N) is 3. The first kappa shape index (κ1) is 23.5. The zero-order chi connectivity index (χ0) is 21.7. The summed E-state index contributed by atoms with van der Waals surface area (Å²) in [6, 6.07) is 4.24. The van der Waals surface area contributed by atoms with Gasteiger partial charge in [0.05, 0.1) is 15.5 Å². The largest absolute Gasteiger partial charge is 0.296 e. The van der Waals surface area contributed by atoms with Gasteiger partial charge in [0.15, 0.2) is 4.34 Å². The van der Waals surface area contributed by atoms with Crippen molar-refractivity contribution >= 4 is 55.8 Å². The van der Waals surface area contributed by atoms with Crippen LogP contribution in [0.15, 0.2) is 27.4 Å². The summed E-state index contributed by atoms with van der Waals surface area (Å²) in [6.45, 7) is 5.22. The van der Waals surface area contributed by atoms with Gasteiger partial charge >= 0.3 is 0 Å². The van der Waals surface area contributed by atoms with Gasteiger partial charge in [0, 0.05) is 18.8 Å². The number of amides is 1. The molecule has 1 aliphatic rings. The summed E-state index contributed by atoms with van der Waals surface area (Å²) >= 11 is 9.06. The van der Waals surface area contributed by atoms with E-state index < -0.39 is 15.9 Å². The number of anilines is 1. The van der Waals surface area contributed by atoms with Gasteiger partial charge in [-0.15, -0.1) is 10.2 Å². The van der Waals surface area contributed by atoms with Gasteiger partial charge < -0.3 is 0 Å². The number of carbonyl (C=O) groups excluding carboxylic acids is 1. The predicted octanol–water partition coefficient (Wildman–Crippen LogP) is 4.76. The molecule has 0 unspecified atom stereocenters. The molecule has 1 fully saturated rings. The molecule has 2 heterocycles. The molecule has 1 aromatic carbocycles. The average Bonchev–Trinajstić information content (AvgIpc) is 2.96. The fraction of sp³-hybridized carbons (Fsp3) is 0.526. The molecule has 0 spiro atoms. The van der Waals surface area contributed by atoms with Crippen molar-refractivity contribution in [3.05, 3.63) is 28.8 Å². The molecule has 0 aliphatic carbocycles. The van der Waals surface area contributed by atoms with Crippen LogP contribution in [0.5, 0.6) is 0 Å². The van der Waals surface area contributed by atoms with Gasteiger partial charge in [0.1, 0.15) is 0 Å². The minimum atomic E-state index is -3.68. The van der Waals surface area contributed by atoms with Crippen LogP contribution >= 0.6 is 34.7 Å². The van der Waals surface area contributed by atoms with E-state index in [9.17, 15) is 13.2 Å². The highest BCUT2D eigenvalue weighted by molar-refractivity contribution is 8.01. The highest BCUT2D eigenvalue weighted by Crippen LogP contribution is 2.29. The SMILES string of the molecule is CC(C)CSc1nnc(NC(=O)c2cc(S(=O)(=O)N3CCCCCC3)ccc2Cl)s1. The van der Waals surface area contributed by atoms with Crippen LogP contribution in [-0.4, -0.2) is 47.7 Å². The average molecular weight is 489 g/mol. The van der Waals surface area contributed by atoms with Crippen molar-refractivity contribution in [1.82, 2.24) is 14.5 Å². The zero-order valence-corrected chi connectivity index (χ0v) is 20.1. The molecule has 1 aliphatic heterocycles. The molecule has 0 saturated carbocycles. The van der Waals surface area contributed by atoms with Crippen LogP contribution < -0.4 is 5.32 Å². The first-order valence-electron chi connectivity index (χ1n) is 9.84. The molecule has 1 saturated heterocycles. The molecular weight excluding hydrogens is 464 g/mol. The Hall–Kier alpha value is -1.20. The van der Waals surface area contributed by atoms with Crippen LogP contribution in [0.3, 0.4) is 0 Å². The van der Waals surface area contributed by atoms with Crippen LogP contribution in [-0.2, 0) is 10.0 Å². The quantitative estimate of drug-likeness (QED) is 0.446. The van der Waals surface area contributed by atoms with E-state index >= 15 is 0 Å². The first-order valence-corrected chi connectivity index (χ1v) is 13.5. The summed E-state index contributed by atoms with van der Waals surface area (Å²) in [5.74, 6) is 0.916. The zero-order valence-electron chi connectivity index (χ0n) is 16.9. The molecule has 11 heteroatoms. The maximum Gasteiger partial charge on any atom is 0.259 e. The molecule has 30 heavy (non-hydrogen) atoms. The lowest BCUT2D eigenvalue weighted by Crippen LogP contribution is -2.32. The van der Waals surface area contributed by atoms with Gasteiger partial charge in [-0.1, -0.05) is 61.4 Å². The number of sulfonamides is 1. The number of halogens is 1. The Balaban J connectivity index is 1.77. The minimum Gasteiger partial charge on any atom is -0.296 e. The number of hydrogen-bond acceptors (Lipinski definition) is 7. The van der Waals surface area contributed by atoms with E-state index in [2.05, 4.69) is 29.4 Å². The molecule has 0 radical (unpaired) electrons. The summed E-state index contributed by atoms with van der Waals surface area (Å²) in [5.41, 5.74) is 0.0964. The van der Waals surface area contributed by atoms with E-state index in [0.29, 0.717) is 24.1 Å². The van der Waals surface area contributed by atoms with Crippen molar-refractivity contribution in [3.63, 3.8) is 0 Å². The maximum atomic E-state index is 13.0. The Kier molecular flexibility index (Phi) is 8.14. The van der Waals surface area contributed by atoms with Crippen LogP contribution in [0.25, 0.3) is 0 Å². The van der Waals surface area contributed by atoms with Crippen LogP contribution in [0.2, 0.25) is 5.02 Å². The third kappa shape index (κ3) is 5.94. The lowest BCUT2D eigenvalue weighted by molar-refractivity contribution is 0.102. The number of nitrogens with one attached hydrogen (secondary N) is 1. The Bertz CT molecular complexity index is 987. The molecule has 1 N–H and O–H groups in total. The van der Waals surface area contributed by atoms with E-state index in [1.54, 1.807) is 11.8 Å². The van der Waals surface area contributed by atoms with Crippen LogP contribution in [0, 0.1) is 5.92 Å². The predicted molar refractivity (Wildman–Crippen MR) is 122 cm³/mol. The van der Waals surface area contributed by atoms with E-state index in [1.807, 2.05) is 0 Å². The summed E-state index contributed by atoms with van der Waals surface area (Å²) in [5, 5.41) is 11.3. The molecule has 1 aromatic heterocycles. The second-order valence-corrected chi connectivity index (χ2v) is 12.1. The van der Waals surface area contributed by atoms with Crippen molar-refractivity contribution in [2.24, 2.45) is 5.92 Å². The number of hydrogen-bond donors (Lipinski definition) is 1. The molecule has 1 amide bonds. The second kappa shape index (κ2) is 10.4. The highest BCUT2D eigenvalue weighted by Gasteiger charge is 2.27. The number of rotatable bonds is 7. The second-order valence-electron chi connectivity index (χ2n) is 7.49. The Morgan fingerprint density at radius 1 is 1.23 bits per heavy atom. The molecule has 3 rings (SSSR count). The molecule has 164 valence electrons. The summed E-state index contributed by atoms with van der Waals surface area (Å²) in [7, 11) is -3.68. The minimum absolute atomic E-state index is 0.0735. The summed E-state index contributed by atoms with van der Waals surface area (Å²) < 4.78 is 28.3. The third-order valence-electron chi connectivity index (χ3n) is 4.55. The van der Waals surface area contributed by atoms with E-state index in [4.69, 9.17) is 11.6 Å². The van der Waals surface area contributed by atoms with Crippen LogP contribution in [0.1, 0.15) is 49.9 Å². The smallest absolute Gasteiger partial charge is 0.259 e. The van der Waals surface area contributed by atoms with Gasteiger partial charge in [-0.05, 0) is 37.0 Å². The van der Waals surface area contributed by atoms with Gasteiger partial charge in [0.25, 0.3) is 5.91 Å². The van der Waals surface area contributed by atoms with Gasteiger partial charge in [-0.25, -0.2) is 8.42 Å². The molecule has 7 nitrogen and oxygen atoms in total. The third-order valence-corrected chi connectivity index (χ3v) is 9.18. The van der Waals surface area contributed by atoms with E-state index in [-0.39, 0.29) is 15.5 Å². The van der Waals surface area contributed by atoms with Crippen molar-refractivity contribution < 1.29 is 13.2 Å². The fourth-order valence-corrected chi connectivity index (χ4v) is 6.46. The van der Waals surface area contributed by atoms with Crippen molar-refractivity contribution in [3.8, 4) is 0 Å². The molecule has 2 aromatic rings.